The van der Waals surface area contributed by atoms with E-state index in [4.69, 9.17) is 9.72 Å². The first-order valence-corrected chi connectivity index (χ1v) is 13.0. The van der Waals surface area contributed by atoms with E-state index in [-0.39, 0.29) is 12.1 Å². The summed E-state index contributed by atoms with van der Waals surface area (Å²) in [4.78, 5) is 9.17. The van der Waals surface area contributed by atoms with Crippen molar-refractivity contribution in [2.45, 2.75) is 69.3 Å². The molecule has 3 heterocycles. The van der Waals surface area contributed by atoms with Crippen molar-refractivity contribution in [2.24, 2.45) is 5.41 Å². The number of ether oxygens (including phenoxy) is 1. The van der Waals surface area contributed by atoms with Gasteiger partial charge in [-0.25, -0.2) is 9.97 Å². The van der Waals surface area contributed by atoms with Crippen LogP contribution in [0, 0.1) is 16.7 Å². The van der Waals surface area contributed by atoms with E-state index < -0.39 is 23.7 Å². The summed E-state index contributed by atoms with van der Waals surface area (Å²) in [6.45, 7) is 1.97. The summed E-state index contributed by atoms with van der Waals surface area (Å²) >= 11 is 0. The maximum atomic E-state index is 12.9. The number of halogens is 3. The van der Waals surface area contributed by atoms with Gasteiger partial charge in [0.2, 0.25) is 0 Å². The van der Waals surface area contributed by atoms with E-state index in [1.54, 1.807) is 6.20 Å². The molecule has 2 aromatic heterocycles. The molecular formula is C27H35F3N6O2. The molecule has 8 nitrogen and oxygen atoms in total. The Morgan fingerprint density at radius 1 is 1.11 bits per heavy atom. The zero-order chi connectivity index (χ0) is 27.2. The normalized spacial score (nSPS) is 23.2. The number of hydrogen-bond donors (Lipinski definition) is 4. The monoisotopic (exact) mass is 532 g/mol. The Hall–Kier alpha value is -2.94. The third-order valence-electron chi connectivity index (χ3n) is 7.52. The molecule has 0 spiro atoms. The maximum Gasteiger partial charge on any atom is 0.418 e. The van der Waals surface area contributed by atoms with Crippen LogP contribution in [0.2, 0.25) is 0 Å². The van der Waals surface area contributed by atoms with Crippen LogP contribution in [-0.4, -0.2) is 65.2 Å². The summed E-state index contributed by atoms with van der Waals surface area (Å²) in [7, 11) is 0. The molecule has 11 heteroatoms. The van der Waals surface area contributed by atoms with Crippen LogP contribution in [0.25, 0.3) is 11.3 Å². The van der Waals surface area contributed by atoms with E-state index in [1.165, 1.54) is 0 Å². The van der Waals surface area contributed by atoms with Gasteiger partial charge in [-0.15, -0.1) is 0 Å². The van der Waals surface area contributed by atoms with Crippen molar-refractivity contribution >= 4 is 11.6 Å². The molecule has 0 bridgehead atoms. The highest BCUT2D eigenvalue weighted by molar-refractivity contribution is 5.64. The van der Waals surface area contributed by atoms with Gasteiger partial charge in [0, 0.05) is 50.1 Å². The number of aromatic nitrogens is 2. The molecule has 4 N–H and O–H groups in total. The Morgan fingerprint density at radius 3 is 2.50 bits per heavy atom. The van der Waals surface area contributed by atoms with Gasteiger partial charge >= 0.3 is 6.18 Å². The van der Waals surface area contributed by atoms with Gasteiger partial charge in [0.05, 0.1) is 17.2 Å². The number of pyridine rings is 2. The average Bonchev–Trinajstić information content (AvgIpc) is 2.92. The molecule has 0 unspecified atom stereocenters. The molecule has 1 aliphatic heterocycles. The predicted molar refractivity (Wildman–Crippen MR) is 138 cm³/mol. The molecule has 38 heavy (non-hydrogen) atoms. The fraction of sp³-hybridized carbons (Fsp3) is 0.593. The molecule has 1 aliphatic carbocycles. The Morgan fingerprint density at radius 2 is 1.82 bits per heavy atom. The first-order chi connectivity index (χ1) is 18.1. The Bertz CT molecular complexity index is 1110. The van der Waals surface area contributed by atoms with Crippen LogP contribution in [0.5, 0.6) is 0 Å². The van der Waals surface area contributed by atoms with E-state index in [0.29, 0.717) is 57.1 Å². The number of rotatable bonds is 9. The van der Waals surface area contributed by atoms with Crippen molar-refractivity contribution in [3.05, 3.63) is 36.5 Å². The molecule has 2 fully saturated rings. The molecular weight excluding hydrogens is 497 g/mol. The van der Waals surface area contributed by atoms with Gasteiger partial charge in [0.1, 0.15) is 11.6 Å². The number of nitriles is 1. The van der Waals surface area contributed by atoms with Crippen LogP contribution in [0.15, 0.2) is 36.5 Å². The largest absolute Gasteiger partial charge is 0.418 e. The third kappa shape index (κ3) is 7.12. The first kappa shape index (κ1) is 28.1. The van der Waals surface area contributed by atoms with Crippen LogP contribution < -0.4 is 16.0 Å². The molecule has 1 saturated carbocycles. The van der Waals surface area contributed by atoms with E-state index >= 15 is 0 Å². The lowest BCUT2D eigenvalue weighted by Crippen LogP contribution is -2.52. The fourth-order valence-corrected chi connectivity index (χ4v) is 4.81. The van der Waals surface area contributed by atoms with Crippen molar-refractivity contribution in [1.29, 1.82) is 5.26 Å². The van der Waals surface area contributed by atoms with Crippen molar-refractivity contribution in [2.75, 3.05) is 36.9 Å². The van der Waals surface area contributed by atoms with Crippen LogP contribution in [0.1, 0.15) is 45.4 Å². The highest BCUT2D eigenvalue weighted by Gasteiger charge is 2.49. The van der Waals surface area contributed by atoms with Crippen LogP contribution >= 0.6 is 0 Å². The molecule has 0 amide bonds. The van der Waals surface area contributed by atoms with Crippen LogP contribution in [0.4, 0.5) is 24.8 Å². The lowest BCUT2D eigenvalue weighted by molar-refractivity contribution is -0.250. The molecule has 1 atom stereocenters. The summed E-state index contributed by atoms with van der Waals surface area (Å²) in [6, 6.07) is 12.1. The van der Waals surface area contributed by atoms with Crippen molar-refractivity contribution in [1.82, 2.24) is 15.3 Å². The number of hydrogen-bond acceptors (Lipinski definition) is 8. The summed E-state index contributed by atoms with van der Waals surface area (Å²) in [5.41, 5.74) is -1.51. The number of anilines is 2. The lowest BCUT2D eigenvalue weighted by Gasteiger charge is -2.33. The molecule has 1 saturated heterocycles. The summed E-state index contributed by atoms with van der Waals surface area (Å²) in [5, 5.41) is 29.0. The van der Waals surface area contributed by atoms with Gasteiger partial charge < -0.3 is 25.8 Å². The van der Waals surface area contributed by atoms with E-state index in [1.807, 2.05) is 30.3 Å². The highest BCUT2D eigenvalue weighted by Crippen LogP contribution is 2.31. The second kappa shape index (κ2) is 11.8. The van der Waals surface area contributed by atoms with Gasteiger partial charge in [0.25, 0.3) is 0 Å². The topological polar surface area (TPSA) is 115 Å². The Kier molecular flexibility index (Phi) is 8.75. The van der Waals surface area contributed by atoms with Crippen molar-refractivity contribution in [3.63, 3.8) is 0 Å². The lowest BCUT2D eigenvalue weighted by atomic mass is 9.82. The zero-order valence-corrected chi connectivity index (χ0v) is 21.5. The number of nitrogens with one attached hydrogen (secondary N) is 3. The number of aliphatic hydroxyl groups is 1. The second-order valence-corrected chi connectivity index (χ2v) is 10.5. The van der Waals surface area contributed by atoms with Crippen LogP contribution in [-0.2, 0) is 4.74 Å². The Labute approximate surface area is 221 Å². The van der Waals surface area contributed by atoms with Gasteiger partial charge in [-0.05, 0) is 69.7 Å². The number of nitrogens with zero attached hydrogens (tertiary/aromatic N) is 3. The minimum Gasteiger partial charge on any atom is -0.381 e. The standard InChI is InChI=1S/C27H35F3N6O2/c1-25(37,27(28,29)30)17-33-20-5-7-21(8-6-20)35-24-15-19(9-12-32-24)22-3-2-4-23(36-22)34-18-26(16-31)10-13-38-14-11-26/h2-4,9,12,15,20-21,33,37H,5-8,10-11,13-14,17-18H2,1H3,(H,32,35)(H,34,36)/t20?,21?,25-/m0/s1. The molecule has 2 aliphatic rings. The van der Waals surface area contributed by atoms with E-state index in [2.05, 4.69) is 27.0 Å². The smallest absolute Gasteiger partial charge is 0.381 e. The fourth-order valence-electron chi connectivity index (χ4n) is 4.81. The molecule has 4 rings (SSSR count). The highest BCUT2D eigenvalue weighted by atomic mass is 19.4. The second-order valence-electron chi connectivity index (χ2n) is 10.5. The Balaban J connectivity index is 1.31. The van der Waals surface area contributed by atoms with Crippen molar-refractivity contribution in [3.8, 4) is 17.3 Å². The molecule has 0 aromatic carbocycles. The van der Waals surface area contributed by atoms with E-state index in [9.17, 15) is 23.5 Å². The minimum absolute atomic E-state index is 0.0677. The van der Waals surface area contributed by atoms with Gasteiger partial charge in [0.15, 0.2) is 5.60 Å². The maximum absolute atomic E-state index is 12.9. The zero-order valence-electron chi connectivity index (χ0n) is 21.5. The minimum atomic E-state index is -4.66. The van der Waals surface area contributed by atoms with Gasteiger partial charge in [-0.1, -0.05) is 6.07 Å². The molecule has 2 aromatic rings. The first-order valence-electron chi connectivity index (χ1n) is 13.0. The third-order valence-corrected chi connectivity index (χ3v) is 7.52. The molecule has 206 valence electrons. The van der Waals surface area contributed by atoms with E-state index in [0.717, 1.165) is 31.0 Å². The van der Waals surface area contributed by atoms with Gasteiger partial charge in [-0.2, -0.15) is 18.4 Å². The van der Waals surface area contributed by atoms with Gasteiger partial charge in [-0.3, -0.25) is 0 Å². The number of alkyl halides is 3. The molecule has 0 radical (unpaired) electrons. The summed E-state index contributed by atoms with van der Waals surface area (Å²) in [6.07, 6.45) is 1.42. The average molecular weight is 533 g/mol. The van der Waals surface area contributed by atoms with Crippen LogP contribution in [0.3, 0.4) is 0 Å². The quantitative estimate of drug-likeness (QED) is 0.373. The SMILES string of the molecule is C[C@](O)(CNC1CCC(Nc2cc(-c3cccc(NCC4(C#N)CCOCC4)n3)ccn2)CC1)C(F)(F)F. The summed E-state index contributed by atoms with van der Waals surface area (Å²) < 4.78 is 44.1. The van der Waals surface area contributed by atoms with Crippen molar-refractivity contribution < 1.29 is 23.0 Å². The summed E-state index contributed by atoms with van der Waals surface area (Å²) in [5.74, 6) is 1.41. The predicted octanol–water partition coefficient (Wildman–Crippen LogP) is 4.50.